The first kappa shape index (κ1) is 12.7. The molecule has 1 rings (SSSR count). The van der Waals surface area contributed by atoms with Crippen LogP contribution in [-0.4, -0.2) is 41.2 Å². The van der Waals surface area contributed by atoms with Crippen LogP contribution in [0.5, 0.6) is 0 Å². The predicted molar refractivity (Wildman–Crippen MR) is 57.8 cm³/mol. The molecule has 1 fully saturated rings. The molecule has 6 nitrogen and oxygen atoms in total. The summed E-state index contributed by atoms with van der Waals surface area (Å²) in [4.78, 5) is 22.9. The first-order chi connectivity index (χ1) is 7.28. The third-order valence-electron chi connectivity index (χ3n) is 2.33. The second-order valence-electron chi connectivity index (χ2n) is 5.10. The van der Waals surface area contributed by atoms with Gasteiger partial charge in [-0.1, -0.05) is 0 Å². The molecule has 0 aliphatic carbocycles. The van der Waals surface area contributed by atoms with Crippen LogP contribution in [0.1, 0.15) is 27.2 Å². The lowest BCUT2D eigenvalue weighted by atomic mass is 9.97. The first-order valence-corrected chi connectivity index (χ1v) is 5.37. The Morgan fingerprint density at radius 1 is 1.50 bits per heavy atom. The SMILES string of the molecule is CC(C)(C)OC(=O)N1CC(CC[N+](=O)[O-])C1. The molecular weight excluding hydrogens is 212 g/mol. The van der Waals surface area contributed by atoms with Gasteiger partial charge in [-0.15, -0.1) is 0 Å². The Morgan fingerprint density at radius 3 is 2.50 bits per heavy atom. The second kappa shape index (κ2) is 4.67. The van der Waals surface area contributed by atoms with Crippen molar-refractivity contribution in [1.29, 1.82) is 0 Å². The number of nitro groups is 1. The molecule has 6 heteroatoms. The largest absolute Gasteiger partial charge is 0.444 e. The van der Waals surface area contributed by atoms with Crippen LogP contribution >= 0.6 is 0 Å². The molecule has 92 valence electrons. The summed E-state index contributed by atoms with van der Waals surface area (Å²) in [6.07, 6.45) is 0.205. The normalized spacial score (nSPS) is 16.8. The molecule has 0 bridgehead atoms. The highest BCUT2D eigenvalue weighted by atomic mass is 16.6. The number of carbonyl (C=O) groups is 1. The van der Waals surface area contributed by atoms with E-state index in [0.717, 1.165) is 0 Å². The fraction of sp³-hybridized carbons (Fsp3) is 0.900. The van der Waals surface area contributed by atoms with Crippen LogP contribution < -0.4 is 0 Å². The van der Waals surface area contributed by atoms with E-state index in [0.29, 0.717) is 19.5 Å². The van der Waals surface area contributed by atoms with Crippen molar-refractivity contribution >= 4 is 6.09 Å². The molecule has 1 aliphatic rings. The lowest BCUT2D eigenvalue weighted by Gasteiger charge is -2.39. The lowest BCUT2D eigenvalue weighted by molar-refractivity contribution is -0.482. The molecule has 1 amide bonds. The predicted octanol–water partition coefficient (Wildman–Crippen LogP) is 1.52. The van der Waals surface area contributed by atoms with Gasteiger partial charge in [-0.05, 0) is 20.8 Å². The Bertz CT molecular complexity index is 279. The van der Waals surface area contributed by atoms with Gasteiger partial charge in [0.05, 0.1) is 0 Å². The van der Waals surface area contributed by atoms with Crippen LogP contribution in [-0.2, 0) is 4.74 Å². The average molecular weight is 230 g/mol. The Hall–Kier alpha value is -1.33. The van der Waals surface area contributed by atoms with E-state index >= 15 is 0 Å². The number of hydrogen-bond acceptors (Lipinski definition) is 4. The summed E-state index contributed by atoms with van der Waals surface area (Å²) in [7, 11) is 0. The maximum atomic E-state index is 11.5. The van der Waals surface area contributed by atoms with Gasteiger partial charge in [0, 0.05) is 30.4 Å². The molecule has 16 heavy (non-hydrogen) atoms. The van der Waals surface area contributed by atoms with Crippen molar-refractivity contribution in [3.8, 4) is 0 Å². The zero-order chi connectivity index (χ0) is 12.3. The number of ether oxygens (including phenoxy) is 1. The number of nitrogens with zero attached hydrogens (tertiary/aromatic N) is 2. The summed E-state index contributed by atoms with van der Waals surface area (Å²) in [5.41, 5.74) is -0.483. The van der Waals surface area contributed by atoms with Crippen LogP contribution in [0.25, 0.3) is 0 Å². The summed E-state index contributed by atoms with van der Waals surface area (Å²) in [5.74, 6) is 0.248. The molecule has 0 unspecified atom stereocenters. The summed E-state index contributed by atoms with van der Waals surface area (Å²) in [6, 6.07) is 0. The molecule has 0 aromatic rings. The van der Waals surface area contributed by atoms with Gasteiger partial charge in [0.25, 0.3) is 0 Å². The molecular formula is C10H18N2O4. The van der Waals surface area contributed by atoms with E-state index in [1.165, 1.54) is 0 Å². The minimum atomic E-state index is -0.483. The third kappa shape index (κ3) is 4.04. The summed E-state index contributed by atoms with van der Waals surface area (Å²) in [6.45, 7) is 6.57. The van der Waals surface area contributed by atoms with Gasteiger partial charge in [0.15, 0.2) is 0 Å². The maximum Gasteiger partial charge on any atom is 0.410 e. The van der Waals surface area contributed by atoms with Crippen molar-refractivity contribution in [3.63, 3.8) is 0 Å². The second-order valence-corrected chi connectivity index (χ2v) is 5.10. The monoisotopic (exact) mass is 230 g/mol. The van der Waals surface area contributed by atoms with Gasteiger partial charge in [-0.3, -0.25) is 10.1 Å². The van der Waals surface area contributed by atoms with Crippen molar-refractivity contribution in [3.05, 3.63) is 10.1 Å². The minimum Gasteiger partial charge on any atom is -0.444 e. The number of amides is 1. The van der Waals surface area contributed by atoms with E-state index in [-0.39, 0.29) is 23.5 Å². The molecule has 0 aromatic carbocycles. The Morgan fingerprint density at radius 2 is 2.06 bits per heavy atom. The lowest BCUT2D eigenvalue weighted by Crippen LogP contribution is -2.51. The fourth-order valence-corrected chi connectivity index (χ4v) is 1.52. The van der Waals surface area contributed by atoms with Crippen molar-refractivity contribution in [2.45, 2.75) is 32.8 Å². The van der Waals surface area contributed by atoms with E-state index in [9.17, 15) is 14.9 Å². The Balaban J connectivity index is 2.20. The van der Waals surface area contributed by atoms with E-state index in [1.807, 2.05) is 20.8 Å². The van der Waals surface area contributed by atoms with Crippen LogP contribution in [0.2, 0.25) is 0 Å². The van der Waals surface area contributed by atoms with E-state index in [4.69, 9.17) is 4.74 Å². The van der Waals surface area contributed by atoms with Gasteiger partial charge in [-0.25, -0.2) is 4.79 Å². The number of carbonyl (C=O) groups excluding carboxylic acids is 1. The van der Waals surface area contributed by atoms with Crippen molar-refractivity contribution in [2.24, 2.45) is 5.92 Å². The Kier molecular flexibility index (Phi) is 3.72. The van der Waals surface area contributed by atoms with Crippen LogP contribution in [0.15, 0.2) is 0 Å². The molecule has 1 saturated heterocycles. The van der Waals surface area contributed by atoms with Crippen LogP contribution in [0, 0.1) is 16.0 Å². The standard InChI is InChI=1S/C10H18N2O4/c1-10(2,3)16-9(13)11-6-8(7-11)4-5-12(14)15/h8H,4-7H2,1-3H3. The van der Waals surface area contributed by atoms with Crippen LogP contribution in [0.4, 0.5) is 4.79 Å². The molecule has 0 radical (unpaired) electrons. The molecule has 0 aromatic heterocycles. The number of hydrogen-bond donors (Lipinski definition) is 0. The highest BCUT2D eigenvalue weighted by molar-refractivity contribution is 5.69. The van der Waals surface area contributed by atoms with Gasteiger partial charge in [0.2, 0.25) is 6.54 Å². The summed E-state index contributed by atoms with van der Waals surface area (Å²) < 4.78 is 5.17. The van der Waals surface area contributed by atoms with Crippen molar-refractivity contribution in [2.75, 3.05) is 19.6 Å². The smallest absolute Gasteiger partial charge is 0.410 e. The van der Waals surface area contributed by atoms with E-state index < -0.39 is 5.60 Å². The third-order valence-corrected chi connectivity index (χ3v) is 2.33. The molecule has 0 N–H and O–H groups in total. The maximum absolute atomic E-state index is 11.5. The van der Waals surface area contributed by atoms with Gasteiger partial charge in [0.1, 0.15) is 5.60 Å². The average Bonchev–Trinajstić information content (AvgIpc) is 1.96. The topological polar surface area (TPSA) is 72.7 Å². The van der Waals surface area contributed by atoms with Gasteiger partial charge < -0.3 is 9.64 Å². The van der Waals surface area contributed by atoms with E-state index in [1.54, 1.807) is 4.90 Å². The number of rotatable bonds is 3. The molecule has 0 saturated carbocycles. The van der Waals surface area contributed by atoms with Gasteiger partial charge in [-0.2, -0.15) is 0 Å². The quantitative estimate of drug-likeness (QED) is 0.544. The highest BCUT2D eigenvalue weighted by Crippen LogP contribution is 2.21. The molecule has 0 atom stereocenters. The van der Waals surface area contributed by atoms with Crippen molar-refractivity contribution < 1.29 is 14.5 Å². The van der Waals surface area contributed by atoms with E-state index in [2.05, 4.69) is 0 Å². The van der Waals surface area contributed by atoms with Crippen molar-refractivity contribution in [1.82, 2.24) is 4.90 Å². The Labute approximate surface area is 94.7 Å². The molecule has 1 heterocycles. The van der Waals surface area contributed by atoms with Crippen LogP contribution in [0.3, 0.4) is 0 Å². The fourth-order valence-electron chi connectivity index (χ4n) is 1.52. The molecule has 0 spiro atoms. The number of likely N-dealkylation sites (tertiary alicyclic amines) is 1. The first-order valence-electron chi connectivity index (χ1n) is 5.37. The summed E-state index contributed by atoms with van der Waals surface area (Å²) >= 11 is 0. The summed E-state index contributed by atoms with van der Waals surface area (Å²) in [5, 5.41) is 10.1. The molecule has 1 aliphatic heterocycles. The minimum absolute atomic E-state index is 0.0210. The van der Waals surface area contributed by atoms with Gasteiger partial charge >= 0.3 is 6.09 Å². The highest BCUT2D eigenvalue weighted by Gasteiger charge is 2.34. The zero-order valence-corrected chi connectivity index (χ0v) is 9.93. The zero-order valence-electron chi connectivity index (χ0n) is 9.93.